The fraction of sp³-hybridized carbons (Fsp3) is 0.250. The van der Waals surface area contributed by atoms with Crippen molar-refractivity contribution in [3.05, 3.63) is 89.4 Å². The Morgan fingerprint density at radius 2 is 1.83 bits per heavy atom. The second-order valence-corrected chi connectivity index (χ2v) is 7.65. The Kier molecular flexibility index (Phi) is 5.32. The van der Waals surface area contributed by atoms with Crippen LogP contribution in [0.2, 0.25) is 0 Å². The van der Waals surface area contributed by atoms with Crippen LogP contribution in [-0.4, -0.2) is 19.6 Å². The molecule has 4 aromatic rings. The normalized spacial score (nSPS) is 12.3. The van der Waals surface area contributed by atoms with Crippen LogP contribution >= 0.6 is 0 Å². The van der Waals surface area contributed by atoms with Crippen LogP contribution in [0.15, 0.2) is 67.1 Å². The number of nitrogens with one attached hydrogen (secondary N) is 1. The van der Waals surface area contributed by atoms with E-state index in [9.17, 15) is 0 Å². The third kappa shape index (κ3) is 4.15. The highest BCUT2D eigenvalue weighted by atomic mass is 15.3. The van der Waals surface area contributed by atoms with E-state index in [2.05, 4.69) is 86.0 Å². The molecular formula is C24H27N5. The monoisotopic (exact) mass is 385 g/mol. The SMILES string of the molecule is Cc1ccc(C)c(-n2cc(CN[C@H](C)c3cnn(C)c3)c(-c3ccccc3)n2)c1. The summed E-state index contributed by atoms with van der Waals surface area (Å²) in [5.41, 5.74) is 8.05. The summed E-state index contributed by atoms with van der Waals surface area (Å²) in [6, 6.07) is 17.1. The van der Waals surface area contributed by atoms with Gasteiger partial charge in [0, 0.05) is 48.7 Å². The lowest BCUT2D eigenvalue weighted by molar-refractivity contribution is 0.574. The summed E-state index contributed by atoms with van der Waals surface area (Å²) in [5.74, 6) is 0. The highest BCUT2D eigenvalue weighted by Crippen LogP contribution is 2.26. The summed E-state index contributed by atoms with van der Waals surface area (Å²) in [6.45, 7) is 7.13. The van der Waals surface area contributed by atoms with Crippen molar-refractivity contribution in [1.29, 1.82) is 0 Å². The van der Waals surface area contributed by atoms with Crippen molar-refractivity contribution in [2.75, 3.05) is 0 Å². The molecule has 0 fully saturated rings. The lowest BCUT2D eigenvalue weighted by atomic mass is 10.1. The second kappa shape index (κ2) is 8.05. The van der Waals surface area contributed by atoms with Crippen molar-refractivity contribution in [2.24, 2.45) is 7.05 Å². The van der Waals surface area contributed by atoms with Gasteiger partial charge in [-0.1, -0.05) is 42.5 Å². The average molecular weight is 386 g/mol. The van der Waals surface area contributed by atoms with Crippen molar-refractivity contribution in [2.45, 2.75) is 33.4 Å². The maximum atomic E-state index is 4.97. The van der Waals surface area contributed by atoms with Crippen molar-refractivity contribution >= 4 is 0 Å². The zero-order chi connectivity index (χ0) is 20.4. The van der Waals surface area contributed by atoms with E-state index >= 15 is 0 Å². The van der Waals surface area contributed by atoms with Crippen LogP contribution in [0.3, 0.4) is 0 Å². The molecule has 5 nitrogen and oxygen atoms in total. The fourth-order valence-electron chi connectivity index (χ4n) is 3.51. The van der Waals surface area contributed by atoms with Crippen molar-refractivity contribution in [1.82, 2.24) is 24.9 Å². The van der Waals surface area contributed by atoms with Gasteiger partial charge in [0.2, 0.25) is 0 Å². The molecule has 1 N–H and O–H groups in total. The first kappa shape index (κ1) is 19.2. The lowest BCUT2D eigenvalue weighted by Crippen LogP contribution is -2.17. The number of nitrogens with zero attached hydrogens (tertiary/aromatic N) is 4. The fourth-order valence-corrected chi connectivity index (χ4v) is 3.51. The summed E-state index contributed by atoms with van der Waals surface area (Å²) in [7, 11) is 1.94. The molecule has 0 amide bonds. The predicted molar refractivity (Wildman–Crippen MR) is 117 cm³/mol. The number of hydrogen-bond donors (Lipinski definition) is 1. The quantitative estimate of drug-likeness (QED) is 0.521. The molecule has 0 aliphatic rings. The molecule has 0 spiro atoms. The van der Waals surface area contributed by atoms with E-state index in [0.29, 0.717) is 0 Å². The molecule has 2 aromatic heterocycles. The van der Waals surface area contributed by atoms with E-state index in [0.717, 1.165) is 23.5 Å². The molecule has 148 valence electrons. The van der Waals surface area contributed by atoms with E-state index in [1.54, 1.807) is 0 Å². The van der Waals surface area contributed by atoms with E-state index in [1.807, 2.05) is 28.7 Å². The van der Waals surface area contributed by atoms with Gasteiger partial charge in [-0.25, -0.2) is 4.68 Å². The van der Waals surface area contributed by atoms with Crippen molar-refractivity contribution in [3.63, 3.8) is 0 Å². The summed E-state index contributed by atoms with van der Waals surface area (Å²) >= 11 is 0. The van der Waals surface area contributed by atoms with Gasteiger partial charge in [-0.05, 0) is 38.0 Å². The van der Waals surface area contributed by atoms with Gasteiger partial charge in [0.25, 0.3) is 0 Å². The molecule has 1 atom stereocenters. The van der Waals surface area contributed by atoms with Gasteiger partial charge in [0.15, 0.2) is 0 Å². The second-order valence-electron chi connectivity index (χ2n) is 7.65. The number of rotatable bonds is 6. The van der Waals surface area contributed by atoms with Crippen LogP contribution in [0.25, 0.3) is 16.9 Å². The lowest BCUT2D eigenvalue weighted by Gasteiger charge is -2.12. The molecule has 4 rings (SSSR count). The minimum Gasteiger partial charge on any atom is -0.306 e. The maximum absolute atomic E-state index is 4.97. The molecule has 0 bridgehead atoms. The number of aromatic nitrogens is 4. The Labute approximate surface area is 172 Å². The van der Waals surface area contributed by atoms with E-state index < -0.39 is 0 Å². The third-order valence-electron chi connectivity index (χ3n) is 5.27. The molecule has 2 heterocycles. The zero-order valence-corrected chi connectivity index (χ0v) is 17.4. The van der Waals surface area contributed by atoms with E-state index in [1.165, 1.54) is 22.3 Å². The van der Waals surface area contributed by atoms with Crippen LogP contribution in [0.1, 0.15) is 35.2 Å². The number of aryl methyl sites for hydroxylation is 3. The Hall–Kier alpha value is -3.18. The molecule has 2 aromatic carbocycles. The Morgan fingerprint density at radius 1 is 1.03 bits per heavy atom. The standard InChI is InChI=1S/C24H27N5/c1-17-10-11-18(2)23(12-17)29-16-22(24(27-29)20-8-6-5-7-9-20)13-25-19(3)21-14-26-28(4)15-21/h5-12,14-16,19,25H,13H2,1-4H3/t19-/m1/s1. The van der Waals surface area contributed by atoms with Crippen LogP contribution < -0.4 is 5.32 Å². The zero-order valence-electron chi connectivity index (χ0n) is 17.4. The molecule has 0 aliphatic carbocycles. The Bertz CT molecular complexity index is 1110. The predicted octanol–water partition coefficient (Wildman–Crippen LogP) is 4.74. The van der Waals surface area contributed by atoms with Gasteiger partial charge in [0.05, 0.1) is 17.6 Å². The van der Waals surface area contributed by atoms with E-state index in [4.69, 9.17) is 5.10 Å². The van der Waals surface area contributed by atoms with Gasteiger partial charge < -0.3 is 5.32 Å². The van der Waals surface area contributed by atoms with E-state index in [-0.39, 0.29) is 6.04 Å². The smallest absolute Gasteiger partial charge is 0.0972 e. The minimum absolute atomic E-state index is 0.205. The van der Waals surface area contributed by atoms with Crippen molar-refractivity contribution in [3.8, 4) is 16.9 Å². The highest BCUT2D eigenvalue weighted by molar-refractivity contribution is 5.63. The molecule has 0 saturated heterocycles. The van der Waals surface area contributed by atoms with Gasteiger partial charge in [-0.2, -0.15) is 10.2 Å². The number of hydrogen-bond acceptors (Lipinski definition) is 3. The Morgan fingerprint density at radius 3 is 2.55 bits per heavy atom. The first-order valence-electron chi connectivity index (χ1n) is 9.95. The van der Waals surface area contributed by atoms with Gasteiger partial charge in [0.1, 0.15) is 0 Å². The van der Waals surface area contributed by atoms with Crippen LogP contribution in [0, 0.1) is 13.8 Å². The summed E-state index contributed by atoms with van der Waals surface area (Å²) in [4.78, 5) is 0. The molecule has 0 unspecified atom stereocenters. The van der Waals surface area contributed by atoms with Crippen LogP contribution in [0.4, 0.5) is 0 Å². The maximum Gasteiger partial charge on any atom is 0.0972 e. The topological polar surface area (TPSA) is 47.7 Å². The highest BCUT2D eigenvalue weighted by Gasteiger charge is 2.15. The average Bonchev–Trinajstić information content (AvgIpc) is 3.35. The molecule has 5 heteroatoms. The molecular weight excluding hydrogens is 358 g/mol. The Balaban J connectivity index is 1.68. The van der Waals surface area contributed by atoms with Gasteiger partial charge in [-0.3, -0.25) is 4.68 Å². The first-order chi connectivity index (χ1) is 14.0. The van der Waals surface area contributed by atoms with Crippen molar-refractivity contribution < 1.29 is 0 Å². The summed E-state index contributed by atoms with van der Waals surface area (Å²) in [6.07, 6.45) is 6.11. The molecule has 0 radical (unpaired) electrons. The molecule has 0 saturated carbocycles. The first-order valence-corrected chi connectivity index (χ1v) is 9.95. The van der Waals surface area contributed by atoms with Gasteiger partial charge in [-0.15, -0.1) is 0 Å². The summed E-state index contributed by atoms with van der Waals surface area (Å²) in [5, 5.41) is 12.9. The minimum atomic E-state index is 0.205. The number of benzene rings is 2. The summed E-state index contributed by atoms with van der Waals surface area (Å²) < 4.78 is 3.85. The molecule has 29 heavy (non-hydrogen) atoms. The van der Waals surface area contributed by atoms with Crippen LogP contribution in [0.5, 0.6) is 0 Å². The van der Waals surface area contributed by atoms with Crippen LogP contribution in [-0.2, 0) is 13.6 Å². The van der Waals surface area contributed by atoms with Gasteiger partial charge >= 0.3 is 0 Å². The third-order valence-corrected chi connectivity index (χ3v) is 5.27. The largest absolute Gasteiger partial charge is 0.306 e. The molecule has 0 aliphatic heterocycles.